The van der Waals surface area contributed by atoms with Gasteiger partial charge in [-0.25, -0.2) is 0 Å². The summed E-state index contributed by atoms with van der Waals surface area (Å²) in [6, 6.07) is 0. The molecule has 0 aliphatic heterocycles. The molecule has 0 aliphatic rings. The molecule has 96 valence electrons. The van der Waals surface area contributed by atoms with Gasteiger partial charge in [-0.15, -0.1) is 0 Å². The van der Waals surface area contributed by atoms with Gasteiger partial charge in [0.25, 0.3) is 0 Å². The molecule has 0 saturated heterocycles. The highest BCUT2D eigenvalue weighted by Crippen LogP contribution is 2.02. The van der Waals surface area contributed by atoms with Gasteiger partial charge in [0.1, 0.15) is 0 Å². The van der Waals surface area contributed by atoms with Crippen LogP contribution in [0.2, 0.25) is 0 Å². The minimum atomic E-state index is 0.183. The van der Waals surface area contributed by atoms with Gasteiger partial charge in [0.15, 0.2) is 0 Å². The van der Waals surface area contributed by atoms with Crippen molar-refractivity contribution < 1.29 is 4.79 Å². The highest BCUT2D eigenvalue weighted by atomic mass is 16.2. The third kappa shape index (κ3) is 6.83. The van der Waals surface area contributed by atoms with Crippen molar-refractivity contribution >= 4 is 5.91 Å². The molecule has 0 aromatic rings. The molecular weight excluding hydrogens is 200 g/mol. The predicted octanol–water partition coefficient (Wildman–Crippen LogP) is 2.22. The molecule has 16 heavy (non-hydrogen) atoms. The molecule has 3 nitrogen and oxygen atoms in total. The monoisotopic (exact) mass is 228 g/mol. The Hall–Kier alpha value is -0.570. The molecule has 0 rings (SSSR count). The Balaban J connectivity index is 3.88. The van der Waals surface area contributed by atoms with Crippen LogP contribution in [0.15, 0.2) is 0 Å². The van der Waals surface area contributed by atoms with Gasteiger partial charge in [-0.2, -0.15) is 0 Å². The van der Waals surface area contributed by atoms with Crippen LogP contribution in [0.1, 0.15) is 41.0 Å². The van der Waals surface area contributed by atoms with E-state index in [0.29, 0.717) is 0 Å². The van der Waals surface area contributed by atoms with Crippen LogP contribution in [0.4, 0.5) is 0 Å². The highest BCUT2D eigenvalue weighted by Gasteiger charge is 2.09. The van der Waals surface area contributed by atoms with E-state index in [2.05, 4.69) is 25.7 Å². The fraction of sp³-hybridized carbons (Fsp3) is 0.923. The molecule has 0 radical (unpaired) electrons. The number of carbonyl (C=O) groups is 1. The first kappa shape index (κ1) is 15.4. The van der Waals surface area contributed by atoms with E-state index in [9.17, 15) is 4.79 Å². The van der Waals surface area contributed by atoms with Gasteiger partial charge < -0.3 is 9.80 Å². The fourth-order valence-electron chi connectivity index (χ4n) is 1.67. The maximum atomic E-state index is 11.2. The Bertz CT molecular complexity index is 192. The Morgan fingerprint density at radius 1 is 1.06 bits per heavy atom. The van der Waals surface area contributed by atoms with Gasteiger partial charge in [-0.1, -0.05) is 20.8 Å². The maximum absolute atomic E-state index is 11.2. The summed E-state index contributed by atoms with van der Waals surface area (Å²) in [6.07, 6.45) is 1.24. The van der Waals surface area contributed by atoms with Crippen molar-refractivity contribution in [2.45, 2.75) is 41.0 Å². The average molecular weight is 228 g/mol. The zero-order valence-electron chi connectivity index (χ0n) is 11.6. The molecule has 0 saturated carbocycles. The van der Waals surface area contributed by atoms with Crippen molar-refractivity contribution in [1.82, 2.24) is 9.80 Å². The van der Waals surface area contributed by atoms with Gasteiger partial charge >= 0.3 is 0 Å². The van der Waals surface area contributed by atoms with Gasteiger partial charge in [0, 0.05) is 26.6 Å². The minimum Gasteiger partial charge on any atom is -0.342 e. The maximum Gasteiger partial charge on any atom is 0.219 e. The lowest BCUT2D eigenvalue weighted by molar-refractivity contribution is -0.128. The van der Waals surface area contributed by atoms with Gasteiger partial charge in [-0.05, 0) is 32.4 Å². The Labute approximate surface area is 101 Å². The summed E-state index contributed by atoms with van der Waals surface area (Å²) in [5.74, 6) is 0.937. The van der Waals surface area contributed by atoms with Gasteiger partial charge in [-0.3, -0.25) is 4.79 Å². The number of carbonyl (C=O) groups excluding carboxylic acids is 1. The Kier molecular flexibility index (Phi) is 8.26. The van der Waals surface area contributed by atoms with Crippen LogP contribution in [-0.4, -0.2) is 48.4 Å². The molecule has 0 aromatic carbocycles. The van der Waals surface area contributed by atoms with Gasteiger partial charge in [0.05, 0.1) is 0 Å². The van der Waals surface area contributed by atoms with Gasteiger partial charge in [0.2, 0.25) is 5.91 Å². The second-order valence-corrected chi connectivity index (χ2v) is 4.72. The van der Waals surface area contributed by atoms with E-state index in [1.807, 2.05) is 11.8 Å². The lowest BCUT2D eigenvalue weighted by atomic mass is 10.1. The van der Waals surface area contributed by atoms with Crippen LogP contribution in [0.3, 0.4) is 0 Å². The fourth-order valence-corrected chi connectivity index (χ4v) is 1.67. The van der Waals surface area contributed by atoms with Crippen LogP contribution in [0.5, 0.6) is 0 Å². The molecular formula is C13H28N2O. The van der Waals surface area contributed by atoms with Crippen molar-refractivity contribution in [2.75, 3.05) is 32.7 Å². The molecule has 0 bridgehead atoms. The Morgan fingerprint density at radius 3 is 2.06 bits per heavy atom. The lowest BCUT2D eigenvalue weighted by Crippen LogP contribution is -2.38. The number of hydrogen-bond donors (Lipinski definition) is 0. The molecule has 0 unspecified atom stereocenters. The van der Waals surface area contributed by atoms with E-state index in [0.717, 1.165) is 38.6 Å². The van der Waals surface area contributed by atoms with Crippen LogP contribution in [-0.2, 0) is 4.79 Å². The largest absolute Gasteiger partial charge is 0.342 e. The molecule has 0 heterocycles. The van der Waals surface area contributed by atoms with Crippen molar-refractivity contribution in [3.8, 4) is 0 Å². The number of likely N-dealkylation sites (N-methyl/N-ethyl adjacent to an activating group) is 2. The second kappa shape index (κ2) is 8.57. The number of nitrogens with zero attached hydrogens (tertiary/aromatic N) is 2. The van der Waals surface area contributed by atoms with E-state index in [4.69, 9.17) is 0 Å². The summed E-state index contributed by atoms with van der Waals surface area (Å²) in [7, 11) is 0. The number of rotatable bonds is 8. The average Bonchev–Trinajstić information content (AvgIpc) is 2.22. The summed E-state index contributed by atoms with van der Waals surface area (Å²) < 4.78 is 0. The summed E-state index contributed by atoms with van der Waals surface area (Å²) in [5, 5.41) is 0. The molecule has 3 heteroatoms. The molecule has 0 aliphatic carbocycles. The zero-order valence-corrected chi connectivity index (χ0v) is 11.6. The molecule has 0 spiro atoms. The normalized spacial score (nSPS) is 11.2. The third-order valence-corrected chi connectivity index (χ3v) is 2.98. The summed E-state index contributed by atoms with van der Waals surface area (Å²) in [4.78, 5) is 15.6. The molecule has 0 fully saturated rings. The quantitative estimate of drug-likeness (QED) is 0.636. The first-order chi connectivity index (χ1) is 7.51. The van der Waals surface area contributed by atoms with Crippen LogP contribution in [0, 0.1) is 5.92 Å². The van der Waals surface area contributed by atoms with Crippen LogP contribution in [0.25, 0.3) is 0 Å². The third-order valence-electron chi connectivity index (χ3n) is 2.98. The van der Waals surface area contributed by atoms with Crippen molar-refractivity contribution in [3.63, 3.8) is 0 Å². The standard InChI is InChI=1S/C13H28N2O/c1-6-14(9-8-12(3)4)10-11-15(7-2)13(5)16/h12H,6-11H2,1-5H3. The van der Waals surface area contributed by atoms with E-state index in [1.54, 1.807) is 6.92 Å². The van der Waals surface area contributed by atoms with E-state index in [-0.39, 0.29) is 5.91 Å². The lowest BCUT2D eigenvalue weighted by Gasteiger charge is -2.26. The Morgan fingerprint density at radius 2 is 1.69 bits per heavy atom. The van der Waals surface area contributed by atoms with E-state index >= 15 is 0 Å². The minimum absolute atomic E-state index is 0.183. The topological polar surface area (TPSA) is 23.6 Å². The number of hydrogen-bond acceptors (Lipinski definition) is 2. The molecule has 0 atom stereocenters. The number of amides is 1. The predicted molar refractivity (Wildman–Crippen MR) is 69.5 cm³/mol. The first-order valence-electron chi connectivity index (χ1n) is 6.49. The van der Waals surface area contributed by atoms with E-state index < -0.39 is 0 Å². The summed E-state index contributed by atoms with van der Waals surface area (Å²) in [6.45, 7) is 15.3. The smallest absolute Gasteiger partial charge is 0.219 e. The first-order valence-corrected chi connectivity index (χ1v) is 6.49. The molecule has 0 N–H and O–H groups in total. The molecule has 1 amide bonds. The van der Waals surface area contributed by atoms with Crippen LogP contribution >= 0.6 is 0 Å². The van der Waals surface area contributed by atoms with Crippen molar-refractivity contribution in [3.05, 3.63) is 0 Å². The second-order valence-electron chi connectivity index (χ2n) is 4.72. The van der Waals surface area contributed by atoms with Crippen LogP contribution < -0.4 is 0 Å². The summed E-state index contributed by atoms with van der Waals surface area (Å²) in [5.41, 5.74) is 0. The van der Waals surface area contributed by atoms with Crippen molar-refractivity contribution in [1.29, 1.82) is 0 Å². The zero-order chi connectivity index (χ0) is 12.6. The highest BCUT2D eigenvalue weighted by molar-refractivity contribution is 5.73. The molecule has 0 aromatic heterocycles. The van der Waals surface area contributed by atoms with Crippen molar-refractivity contribution in [2.24, 2.45) is 5.92 Å². The SMILES string of the molecule is CCN(CCC(C)C)CCN(CC)C(C)=O. The van der Waals surface area contributed by atoms with E-state index in [1.165, 1.54) is 6.42 Å². The summed E-state index contributed by atoms with van der Waals surface area (Å²) >= 11 is 0.